The van der Waals surface area contributed by atoms with E-state index in [9.17, 15) is 17.6 Å². The predicted molar refractivity (Wildman–Crippen MR) is 135 cm³/mol. The lowest BCUT2D eigenvalue weighted by Crippen LogP contribution is -2.13. The summed E-state index contributed by atoms with van der Waals surface area (Å²) < 4.78 is 44.7. The molecule has 34 heavy (non-hydrogen) atoms. The van der Waals surface area contributed by atoms with Crippen molar-refractivity contribution in [2.75, 3.05) is 18.1 Å². The van der Waals surface area contributed by atoms with Crippen molar-refractivity contribution in [2.45, 2.75) is 39.5 Å². The lowest BCUT2D eigenvalue weighted by Gasteiger charge is -2.15. The van der Waals surface area contributed by atoms with Crippen molar-refractivity contribution in [2.24, 2.45) is 0 Å². The van der Waals surface area contributed by atoms with Crippen molar-refractivity contribution >= 4 is 21.5 Å². The summed E-state index contributed by atoms with van der Waals surface area (Å²) in [7, 11) is -1.95. The highest BCUT2D eigenvalue weighted by Crippen LogP contribution is 2.31. The highest BCUT2D eigenvalue weighted by atomic mass is 32.2. The fourth-order valence-corrected chi connectivity index (χ4v) is 4.51. The molecule has 5 nitrogen and oxygen atoms in total. The maximum absolute atomic E-state index is 14.4. The van der Waals surface area contributed by atoms with Gasteiger partial charge in [0, 0.05) is 12.3 Å². The van der Waals surface area contributed by atoms with Gasteiger partial charge in [-0.2, -0.15) is 0 Å². The number of hydrogen-bond donors (Lipinski definition) is 1. The number of carbonyl (C=O) groups is 1. The molecule has 0 aliphatic rings. The van der Waals surface area contributed by atoms with Gasteiger partial charge in [0.15, 0.2) is 0 Å². The summed E-state index contributed by atoms with van der Waals surface area (Å²) >= 11 is 0. The average Bonchev–Trinajstić information content (AvgIpc) is 2.77. The van der Waals surface area contributed by atoms with Gasteiger partial charge in [-0.1, -0.05) is 42.8 Å². The summed E-state index contributed by atoms with van der Waals surface area (Å²) in [4.78, 5) is 13.0. The Morgan fingerprint density at radius 3 is 2.41 bits per heavy atom. The van der Waals surface area contributed by atoms with Crippen molar-refractivity contribution in [3.05, 3.63) is 82.7 Å². The first-order valence-corrected chi connectivity index (χ1v) is 12.9. The van der Waals surface area contributed by atoms with Crippen LogP contribution in [0.3, 0.4) is 0 Å². The zero-order valence-corrected chi connectivity index (χ0v) is 20.9. The van der Waals surface area contributed by atoms with E-state index in [1.54, 1.807) is 20.1 Å². The number of nitrogens with one attached hydrogen (secondary N) is 1. The van der Waals surface area contributed by atoms with E-state index in [2.05, 4.69) is 16.9 Å². The summed E-state index contributed by atoms with van der Waals surface area (Å²) in [6, 6.07) is 16.4. The molecule has 3 aromatic rings. The Morgan fingerprint density at radius 2 is 1.76 bits per heavy atom. The Balaban J connectivity index is 1.79. The van der Waals surface area contributed by atoms with Crippen LogP contribution in [0.2, 0.25) is 0 Å². The van der Waals surface area contributed by atoms with Crippen LogP contribution in [0.4, 0.5) is 10.1 Å². The van der Waals surface area contributed by atoms with Gasteiger partial charge >= 0.3 is 0 Å². The van der Waals surface area contributed by atoms with Gasteiger partial charge in [0.1, 0.15) is 17.3 Å². The average molecular weight is 484 g/mol. The molecule has 1 atom stereocenters. The second kappa shape index (κ2) is 10.4. The molecule has 1 N–H and O–H groups in total. The van der Waals surface area contributed by atoms with Gasteiger partial charge in [0.05, 0.1) is 19.1 Å². The van der Waals surface area contributed by atoms with Gasteiger partial charge in [0.25, 0.3) is 0 Å². The summed E-state index contributed by atoms with van der Waals surface area (Å²) in [6.07, 6.45) is 1.80. The Bertz CT molecular complexity index is 1320. The number of rotatable bonds is 9. The normalized spacial score (nSPS) is 12.3. The third kappa shape index (κ3) is 6.44. The van der Waals surface area contributed by atoms with E-state index in [1.165, 1.54) is 12.1 Å². The molecule has 0 radical (unpaired) electrons. The minimum atomic E-state index is -3.59. The zero-order valence-electron chi connectivity index (χ0n) is 20.1. The molecule has 0 aromatic heterocycles. The second-order valence-corrected chi connectivity index (χ2v) is 10.4. The molecule has 0 saturated carbocycles. The third-order valence-corrected chi connectivity index (χ3v) is 6.37. The molecule has 7 heteroatoms. The number of halogens is 1. The van der Waals surface area contributed by atoms with E-state index in [0.29, 0.717) is 18.4 Å². The quantitative estimate of drug-likeness (QED) is 0.418. The predicted octanol–water partition coefficient (Wildman–Crippen LogP) is 5.80. The summed E-state index contributed by atoms with van der Waals surface area (Å²) in [5, 5.41) is 0. The standard InChI is InChI=1S/C27H30FNO4S/c1-17-6-7-20(24(14-17)22-12-18(2)13-23(15-22)33-4)9-11-27(30)19(3)21-8-10-26(25(28)16-21)29-34(5,31)32/h6-8,10,12-16,19,29H,9,11H2,1-5H3. The molecule has 0 spiro atoms. The fraction of sp³-hybridized carbons (Fsp3) is 0.296. The highest BCUT2D eigenvalue weighted by molar-refractivity contribution is 7.92. The van der Waals surface area contributed by atoms with Crippen LogP contribution in [0.25, 0.3) is 11.1 Å². The second-order valence-electron chi connectivity index (χ2n) is 8.70. The van der Waals surface area contributed by atoms with Crippen molar-refractivity contribution in [1.29, 1.82) is 0 Å². The van der Waals surface area contributed by atoms with E-state index < -0.39 is 21.8 Å². The Kier molecular flexibility index (Phi) is 7.77. The number of hydrogen-bond acceptors (Lipinski definition) is 4. The number of ether oxygens (including phenoxy) is 1. The minimum absolute atomic E-state index is 0.0171. The molecule has 0 saturated heterocycles. The number of sulfonamides is 1. The molecule has 1 unspecified atom stereocenters. The molecule has 0 aliphatic carbocycles. The smallest absolute Gasteiger partial charge is 0.229 e. The number of Topliss-reactive ketones (excluding diaryl/α,β-unsaturated/α-hetero) is 1. The van der Waals surface area contributed by atoms with Crippen LogP contribution < -0.4 is 9.46 Å². The van der Waals surface area contributed by atoms with Gasteiger partial charge in [-0.3, -0.25) is 9.52 Å². The molecular formula is C27H30FNO4S. The van der Waals surface area contributed by atoms with Crippen molar-refractivity contribution < 1.29 is 22.3 Å². The molecule has 0 heterocycles. The monoisotopic (exact) mass is 483 g/mol. The lowest BCUT2D eigenvalue weighted by molar-refractivity contribution is -0.120. The largest absolute Gasteiger partial charge is 0.497 e. The third-order valence-electron chi connectivity index (χ3n) is 5.78. The molecular weight excluding hydrogens is 453 g/mol. The Labute approximate surface area is 201 Å². The number of aryl methyl sites for hydroxylation is 3. The lowest BCUT2D eigenvalue weighted by atomic mass is 9.89. The minimum Gasteiger partial charge on any atom is -0.497 e. The van der Waals surface area contributed by atoms with E-state index in [0.717, 1.165) is 39.8 Å². The number of carbonyl (C=O) groups excluding carboxylic acids is 1. The maximum atomic E-state index is 14.4. The molecule has 0 aliphatic heterocycles. The molecule has 3 aromatic carbocycles. The van der Waals surface area contributed by atoms with Crippen LogP contribution in [0.15, 0.2) is 54.6 Å². The first-order valence-electron chi connectivity index (χ1n) is 11.0. The Hall–Kier alpha value is -3.19. The summed E-state index contributed by atoms with van der Waals surface area (Å²) in [6.45, 7) is 5.79. The van der Waals surface area contributed by atoms with E-state index in [1.807, 2.05) is 38.1 Å². The van der Waals surface area contributed by atoms with Crippen LogP contribution in [0.1, 0.15) is 41.5 Å². The van der Waals surface area contributed by atoms with Gasteiger partial charge in [0.2, 0.25) is 10.0 Å². The number of benzene rings is 3. The molecule has 0 amide bonds. The van der Waals surface area contributed by atoms with Gasteiger partial charge in [-0.25, -0.2) is 12.8 Å². The molecule has 180 valence electrons. The maximum Gasteiger partial charge on any atom is 0.229 e. The Morgan fingerprint density at radius 1 is 1.03 bits per heavy atom. The topological polar surface area (TPSA) is 72.5 Å². The van der Waals surface area contributed by atoms with Crippen LogP contribution in [0, 0.1) is 19.7 Å². The molecule has 3 rings (SSSR count). The van der Waals surface area contributed by atoms with E-state index >= 15 is 0 Å². The van der Waals surface area contributed by atoms with Crippen molar-refractivity contribution in [3.8, 4) is 16.9 Å². The van der Waals surface area contributed by atoms with Gasteiger partial charge in [-0.05, 0) is 72.4 Å². The SMILES string of the molecule is COc1cc(C)cc(-c2cc(C)ccc2CCC(=O)C(C)c2ccc(NS(C)(=O)=O)c(F)c2)c1. The van der Waals surface area contributed by atoms with E-state index in [4.69, 9.17) is 4.74 Å². The van der Waals surface area contributed by atoms with Crippen molar-refractivity contribution in [3.63, 3.8) is 0 Å². The highest BCUT2D eigenvalue weighted by Gasteiger charge is 2.19. The fourth-order valence-electron chi connectivity index (χ4n) is 3.94. The van der Waals surface area contributed by atoms with Crippen LogP contribution in [-0.4, -0.2) is 27.6 Å². The summed E-state index contributed by atoms with van der Waals surface area (Å²) in [5.41, 5.74) is 5.73. The van der Waals surface area contributed by atoms with Gasteiger partial charge in [-0.15, -0.1) is 0 Å². The number of methoxy groups -OCH3 is 1. The molecule has 0 bridgehead atoms. The van der Waals surface area contributed by atoms with Crippen LogP contribution >= 0.6 is 0 Å². The van der Waals surface area contributed by atoms with E-state index in [-0.39, 0.29) is 11.5 Å². The number of anilines is 1. The van der Waals surface area contributed by atoms with Crippen LogP contribution in [-0.2, 0) is 21.2 Å². The van der Waals surface area contributed by atoms with Crippen molar-refractivity contribution in [1.82, 2.24) is 0 Å². The number of ketones is 1. The van der Waals surface area contributed by atoms with Gasteiger partial charge < -0.3 is 4.74 Å². The first kappa shape index (κ1) is 25.4. The first-order chi connectivity index (χ1) is 16.0. The summed E-state index contributed by atoms with van der Waals surface area (Å²) in [5.74, 6) is -0.467. The zero-order chi connectivity index (χ0) is 25.0. The van der Waals surface area contributed by atoms with Crippen LogP contribution in [0.5, 0.6) is 5.75 Å². The molecule has 0 fully saturated rings.